The number of allylic oxidation sites excluding steroid dienone is 1. The van der Waals surface area contributed by atoms with Crippen LogP contribution in [0.25, 0.3) is 0 Å². The van der Waals surface area contributed by atoms with Crippen LogP contribution in [-0.2, 0) is 14.4 Å². The fraction of sp³-hybridized carbons (Fsp3) is 0.607. The molecule has 1 fully saturated rings. The zero-order valence-electron chi connectivity index (χ0n) is 23.1. The zero-order valence-corrected chi connectivity index (χ0v) is 23.9. The van der Waals surface area contributed by atoms with E-state index >= 15 is 0 Å². The van der Waals surface area contributed by atoms with E-state index in [-0.39, 0.29) is 5.91 Å². The lowest BCUT2D eigenvalue weighted by atomic mass is 9.97. The van der Waals surface area contributed by atoms with Crippen LogP contribution in [0.2, 0.25) is 0 Å². The van der Waals surface area contributed by atoms with Crippen LogP contribution < -0.4 is 9.80 Å². The Morgan fingerprint density at radius 2 is 1.81 bits per heavy atom. The zero-order chi connectivity index (χ0) is 27.4. The summed E-state index contributed by atoms with van der Waals surface area (Å²) in [6, 6.07) is 4.02. The van der Waals surface area contributed by atoms with E-state index in [1.54, 1.807) is 13.0 Å². The molecule has 2 atom stereocenters. The van der Waals surface area contributed by atoms with Gasteiger partial charge >= 0.3 is 0 Å². The van der Waals surface area contributed by atoms with Crippen molar-refractivity contribution >= 4 is 41.7 Å². The maximum absolute atomic E-state index is 11.2. The number of anilines is 2. The van der Waals surface area contributed by atoms with E-state index in [2.05, 4.69) is 48.0 Å². The van der Waals surface area contributed by atoms with Crippen LogP contribution in [0.1, 0.15) is 57.4 Å². The predicted octanol–water partition coefficient (Wildman–Crippen LogP) is 4.08. The Balaban J connectivity index is 0.000000283. The van der Waals surface area contributed by atoms with Crippen molar-refractivity contribution in [2.75, 3.05) is 62.9 Å². The van der Waals surface area contributed by atoms with Crippen molar-refractivity contribution in [2.24, 2.45) is 0 Å². The molecule has 2 amide bonds. The SMILES string of the molecule is C/C=C\C(=O)N(C=O)CCCCCC=O.CCC1c2ccc(O)c(N3CCN(C)CC3)c2N(C)C1SC. The fourth-order valence-electron chi connectivity index (χ4n) is 5.03. The summed E-state index contributed by atoms with van der Waals surface area (Å²) in [4.78, 5) is 40.0. The third-order valence-electron chi connectivity index (χ3n) is 7.08. The monoisotopic (exact) mass is 532 g/mol. The number of likely N-dealkylation sites (N-methyl/N-ethyl adjacent to an activating group) is 2. The molecule has 3 rings (SSSR count). The Bertz CT molecular complexity index is 918. The third kappa shape index (κ3) is 7.98. The predicted molar refractivity (Wildman–Crippen MR) is 154 cm³/mol. The van der Waals surface area contributed by atoms with Crippen LogP contribution in [-0.4, -0.2) is 92.0 Å². The normalized spacial score (nSPS) is 19.4. The third-order valence-corrected chi connectivity index (χ3v) is 8.21. The number of hydrogen-bond donors (Lipinski definition) is 1. The number of rotatable bonds is 11. The number of carbonyl (C=O) groups excluding carboxylic acids is 3. The first-order chi connectivity index (χ1) is 17.8. The van der Waals surface area contributed by atoms with Gasteiger partial charge in [0.2, 0.25) is 6.41 Å². The highest BCUT2D eigenvalue weighted by atomic mass is 32.2. The number of piperazine rings is 1. The van der Waals surface area contributed by atoms with E-state index in [1.165, 1.54) is 17.3 Å². The molecule has 0 spiro atoms. The van der Waals surface area contributed by atoms with Gasteiger partial charge in [-0.2, -0.15) is 0 Å². The second-order valence-corrected chi connectivity index (χ2v) is 10.5. The van der Waals surface area contributed by atoms with Crippen molar-refractivity contribution in [3.63, 3.8) is 0 Å². The van der Waals surface area contributed by atoms with Gasteiger partial charge in [0, 0.05) is 52.1 Å². The number of carbonyl (C=O) groups is 3. The Labute approximate surface area is 226 Å². The molecule has 1 aromatic carbocycles. The molecule has 1 N–H and O–H groups in total. The molecule has 0 aromatic heterocycles. The molecule has 0 aliphatic carbocycles. The topological polar surface area (TPSA) is 84.4 Å². The summed E-state index contributed by atoms with van der Waals surface area (Å²) in [5.41, 5.74) is 3.69. The number of fused-ring (bicyclic) bond motifs is 1. The molecule has 2 aliphatic rings. The van der Waals surface area contributed by atoms with Crippen LogP contribution in [0.4, 0.5) is 11.4 Å². The first kappa shape index (κ1) is 30.7. The Kier molecular flexibility index (Phi) is 13.0. The number of hydrogen-bond acceptors (Lipinski definition) is 8. The van der Waals surface area contributed by atoms with Gasteiger partial charge in [-0.05, 0) is 57.2 Å². The van der Waals surface area contributed by atoms with Gasteiger partial charge < -0.3 is 24.6 Å². The van der Waals surface area contributed by atoms with Gasteiger partial charge in [-0.25, -0.2) is 0 Å². The highest BCUT2D eigenvalue weighted by Crippen LogP contribution is 2.52. The minimum Gasteiger partial charge on any atom is -0.506 e. The number of aromatic hydroxyl groups is 1. The van der Waals surface area contributed by atoms with Gasteiger partial charge in [-0.1, -0.05) is 25.5 Å². The molecule has 1 aromatic rings. The number of nitrogens with zero attached hydrogens (tertiary/aromatic N) is 4. The summed E-state index contributed by atoms with van der Waals surface area (Å²) in [6.07, 6.45) is 10.7. The Morgan fingerprint density at radius 3 is 2.38 bits per heavy atom. The van der Waals surface area contributed by atoms with Crippen molar-refractivity contribution in [3.8, 4) is 5.75 Å². The second-order valence-electron chi connectivity index (χ2n) is 9.57. The lowest BCUT2D eigenvalue weighted by molar-refractivity contribution is -0.134. The van der Waals surface area contributed by atoms with Crippen molar-refractivity contribution < 1.29 is 19.5 Å². The number of aldehydes is 1. The van der Waals surface area contributed by atoms with E-state index in [0.29, 0.717) is 36.4 Å². The highest BCUT2D eigenvalue weighted by Gasteiger charge is 2.38. The van der Waals surface area contributed by atoms with E-state index in [4.69, 9.17) is 0 Å². The number of thioether (sulfide) groups is 1. The van der Waals surface area contributed by atoms with E-state index in [1.807, 2.05) is 17.8 Å². The van der Waals surface area contributed by atoms with Crippen molar-refractivity contribution in [2.45, 2.75) is 57.2 Å². The Hall–Kier alpha value is -2.52. The van der Waals surface area contributed by atoms with Crippen LogP contribution in [0.15, 0.2) is 24.3 Å². The maximum atomic E-state index is 11.2. The number of imide groups is 1. The molecule has 0 radical (unpaired) electrons. The van der Waals surface area contributed by atoms with E-state index < -0.39 is 0 Å². The molecule has 2 unspecified atom stereocenters. The number of benzene rings is 1. The van der Waals surface area contributed by atoms with E-state index in [9.17, 15) is 19.5 Å². The van der Waals surface area contributed by atoms with Crippen molar-refractivity contribution in [1.82, 2.24) is 9.80 Å². The van der Waals surface area contributed by atoms with Crippen LogP contribution in [0.5, 0.6) is 5.75 Å². The fourth-order valence-corrected chi connectivity index (χ4v) is 6.12. The quantitative estimate of drug-likeness (QED) is 0.259. The Morgan fingerprint density at radius 1 is 1.11 bits per heavy atom. The number of amides is 2. The highest BCUT2D eigenvalue weighted by molar-refractivity contribution is 7.99. The van der Waals surface area contributed by atoms with Gasteiger partial charge in [0.05, 0.1) is 11.1 Å². The molecule has 0 bridgehead atoms. The van der Waals surface area contributed by atoms with E-state index in [0.717, 1.165) is 68.7 Å². The molecule has 37 heavy (non-hydrogen) atoms. The lowest BCUT2D eigenvalue weighted by Gasteiger charge is -2.36. The van der Waals surface area contributed by atoms with Gasteiger partial charge in [-0.3, -0.25) is 14.5 Å². The maximum Gasteiger partial charge on any atom is 0.252 e. The summed E-state index contributed by atoms with van der Waals surface area (Å²) in [5, 5.41) is 11.0. The van der Waals surface area contributed by atoms with Crippen LogP contribution in [0.3, 0.4) is 0 Å². The number of phenolic OH excluding ortho intramolecular Hbond substituents is 1. The van der Waals surface area contributed by atoms with Gasteiger partial charge in [0.15, 0.2) is 0 Å². The van der Waals surface area contributed by atoms with Crippen molar-refractivity contribution in [3.05, 3.63) is 29.8 Å². The number of phenols is 1. The minimum atomic E-state index is -0.289. The van der Waals surface area contributed by atoms with Crippen LogP contribution >= 0.6 is 11.8 Å². The molecule has 9 heteroatoms. The molecule has 2 aliphatic heterocycles. The molecular formula is C28H44N4O4S. The molecule has 1 saturated heterocycles. The van der Waals surface area contributed by atoms with Gasteiger partial charge in [-0.15, -0.1) is 11.8 Å². The molecular weight excluding hydrogens is 488 g/mol. The van der Waals surface area contributed by atoms with Gasteiger partial charge in [0.25, 0.3) is 5.91 Å². The molecule has 8 nitrogen and oxygen atoms in total. The van der Waals surface area contributed by atoms with Crippen molar-refractivity contribution in [1.29, 1.82) is 0 Å². The van der Waals surface area contributed by atoms with Crippen LogP contribution in [0, 0.1) is 0 Å². The average molecular weight is 533 g/mol. The molecule has 2 heterocycles. The smallest absolute Gasteiger partial charge is 0.252 e. The molecule has 0 saturated carbocycles. The summed E-state index contributed by atoms with van der Waals surface area (Å²) >= 11 is 1.91. The summed E-state index contributed by atoms with van der Waals surface area (Å²) in [6.45, 7) is 8.48. The number of unbranched alkanes of at least 4 members (excludes halogenated alkanes) is 3. The summed E-state index contributed by atoms with van der Waals surface area (Å²) in [5.74, 6) is 0.677. The average Bonchev–Trinajstić information content (AvgIpc) is 3.18. The first-order valence-electron chi connectivity index (χ1n) is 13.2. The minimum absolute atomic E-state index is 0.289. The largest absolute Gasteiger partial charge is 0.506 e. The molecule has 206 valence electrons. The summed E-state index contributed by atoms with van der Waals surface area (Å²) in [7, 11) is 4.34. The second kappa shape index (κ2) is 15.7. The lowest BCUT2D eigenvalue weighted by Crippen LogP contribution is -2.45. The van der Waals surface area contributed by atoms with Gasteiger partial charge in [0.1, 0.15) is 17.7 Å². The first-order valence-corrected chi connectivity index (χ1v) is 14.5. The standard InChI is InChI=1S/C17H27N3OS.C11H17NO3/c1-5-12-13-6-7-14(21)16(15(13)19(3)17(12)22-4)20-10-8-18(2)9-11-20;1-2-7-11(15)12(10-14)8-5-3-4-6-9-13/h6-7,12,17,21H,5,8-11H2,1-4H3;2,7,9-10H,3-6,8H2,1H3/b;7-2-. The summed E-state index contributed by atoms with van der Waals surface area (Å²) < 4.78 is 0.